The molecule has 13 heavy (non-hydrogen) atoms. The molecule has 0 atom stereocenters. The van der Waals surface area contributed by atoms with Gasteiger partial charge in [0, 0.05) is 6.54 Å². The fourth-order valence-corrected chi connectivity index (χ4v) is 1.15. The van der Waals surface area contributed by atoms with E-state index in [1.165, 1.54) is 6.92 Å². The smallest absolute Gasteiger partial charge is 0.304 e. The van der Waals surface area contributed by atoms with Crippen molar-refractivity contribution >= 4 is 11.8 Å². The van der Waals surface area contributed by atoms with Crippen molar-refractivity contribution in [2.24, 2.45) is 0 Å². The van der Waals surface area contributed by atoms with Gasteiger partial charge >= 0.3 is 5.97 Å². The van der Waals surface area contributed by atoms with Crippen LogP contribution in [0.1, 0.15) is 26.7 Å². The van der Waals surface area contributed by atoms with E-state index in [1.807, 2.05) is 11.8 Å². The molecule has 0 fully saturated rings. The van der Waals surface area contributed by atoms with Gasteiger partial charge in [0.25, 0.3) is 0 Å². The molecular weight excluding hydrogens is 170 g/mol. The summed E-state index contributed by atoms with van der Waals surface area (Å²) in [7, 11) is 0. The van der Waals surface area contributed by atoms with Crippen LogP contribution in [0.5, 0.6) is 0 Å². The van der Waals surface area contributed by atoms with Crippen LogP contribution in [0.4, 0.5) is 0 Å². The highest BCUT2D eigenvalue weighted by molar-refractivity contribution is 5.77. The zero-order chi connectivity index (χ0) is 10.3. The minimum absolute atomic E-state index is 0.0823. The van der Waals surface area contributed by atoms with Gasteiger partial charge in [0.05, 0.1) is 13.0 Å². The molecule has 0 unspecified atom stereocenters. The third kappa shape index (κ3) is 7.46. The first-order chi connectivity index (χ1) is 6.06. The van der Waals surface area contributed by atoms with Crippen LogP contribution in [0.15, 0.2) is 0 Å². The maximum Gasteiger partial charge on any atom is 0.304 e. The van der Waals surface area contributed by atoms with Crippen LogP contribution in [-0.2, 0) is 9.59 Å². The second kappa shape index (κ2) is 6.60. The molecule has 0 aromatic heterocycles. The second-order valence-corrected chi connectivity index (χ2v) is 3.12. The highest BCUT2D eigenvalue weighted by atomic mass is 16.4. The number of ketones is 1. The summed E-state index contributed by atoms with van der Waals surface area (Å²) < 4.78 is 0. The van der Waals surface area contributed by atoms with Crippen molar-refractivity contribution in [3.63, 3.8) is 0 Å². The standard InChI is InChI=1S/C9H17NO3/c1-3-5-10(7-8(2)11)6-4-9(12)13/h3-7H2,1-2H3,(H,12,13). The van der Waals surface area contributed by atoms with Gasteiger partial charge in [0.1, 0.15) is 5.78 Å². The molecule has 0 rings (SSSR count). The zero-order valence-electron chi connectivity index (χ0n) is 8.25. The number of hydrogen-bond acceptors (Lipinski definition) is 3. The van der Waals surface area contributed by atoms with Crippen LogP contribution in [-0.4, -0.2) is 41.4 Å². The van der Waals surface area contributed by atoms with Crippen molar-refractivity contribution in [3.05, 3.63) is 0 Å². The van der Waals surface area contributed by atoms with Crippen molar-refractivity contribution in [2.75, 3.05) is 19.6 Å². The van der Waals surface area contributed by atoms with Crippen molar-refractivity contribution < 1.29 is 14.7 Å². The minimum atomic E-state index is -0.815. The predicted octanol–water partition coefficient (Wildman–Crippen LogP) is 0.762. The first-order valence-electron chi connectivity index (χ1n) is 4.49. The highest BCUT2D eigenvalue weighted by Crippen LogP contribution is 1.94. The van der Waals surface area contributed by atoms with Crippen LogP contribution in [0.2, 0.25) is 0 Å². The van der Waals surface area contributed by atoms with Crippen molar-refractivity contribution in [1.29, 1.82) is 0 Å². The normalized spacial score (nSPS) is 10.4. The lowest BCUT2D eigenvalue weighted by molar-refractivity contribution is -0.137. The Morgan fingerprint density at radius 3 is 2.31 bits per heavy atom. The van der Waals surface area contributed by atoms with Gasteiger partial charge < -0.3 is 5.11 Å². The van der Waals surface area contributed by atoms with Gasteiger partial charge in [0.2, 0.25) is 0 Å². The number of carboxylic acid groups (broad SMARTS) is 1. The van der Waals surface area contributed by atoms with E-state index in [9.17, 15) is 9.59 Å². The molecule has 1 N–H and O–H groups in total. The SMILES string of the molecule is CCCN(CCC(=O)O)CC(C)=O. The number of carbonyl (C=O) groups is 2. The van der Waals surface area contributed by atoms with E-state index in [4.69, 9.17) is 5.11 Å². The number of nitrogens with zero attached hydrogens (tertiary/aromatic N) is 1. The van der Waals surface area contributed by atoms with E-state index in [0.29, 0.717) is 13.1 Å². The molecule has 0 spiro atoms. The molecule has 0 bridgehead atoms. The molecule has 0 aliphatic rings. The lowest BCUT2D eigenvalue weighted by atomic mass is 10.3. The van der Waals surface area contributed by atoms with Crippen molar-refractivity contribution in [3.8, 4) is 0 Å². The van der Waals surface area contributed by atoms with Crippen LogP contribution in [0.3, 0.4) is 0 Å². The van der Waals surface area contributed by atoms with E-state index >= 15 is 0 Å². The average molecular weight is 187 g/mol. The molecule has 0 radical (unpaired) electrons. The van der Waals surface area contributed by atoms with Gasteiger partial charge in [0.15, 0.2) is 0 Å². The summed E-state index contributed by atoms with van der Waals surface area (Å²) in [5, 5.41) is 8.45. The predicted molar refractivity (Wildman–Crippen MR) is 49.7 cm³/mol. The third-order valence-electron chi connectivity index (χ3n) is 1.63. The Kier molecular flexibility index (Phi) is 6.14. The molecule has 0 heterocycles. The van der Waals surface area contributed by atoms with Crippen molar-refractivity contribution in [1.82, 2.24) is 4.90 Å². The molecule has 0 aromatic rings. The number of aliphatic carboxylic acids is 1. The fourth-order valence-electron chi connectivity index (χ4n) is 1.15. The topological polar surface area (TPSA) is 57.6 Å². The third-order valence-corrected chi connectivity index (χ3v) is 1.63. The summed E-state index contributed by atoms with van der Waals surface area (Å²) >= 11 is 0. The maximum absolute atomic E-state index is 10.8. The number of rotatable bonds is 7. The van der Waals surface area contributed by atoms with E-state index in [2.05, 4.69) is 0 Å². The largest absolute Gasteiger partial charge is 0.481 e. The Morgan fingerprint density at radius 1 is 1.31 bits per heavy atom. The van der Waals surface area contributed by atoms with E-state index in [1.54, 1.807) is 0 Å². The fraction of sp³-hybridized carbons (Fsp3) is 0.778. The molecular formula is C9H17NO3. The van der Waals surface area contributed by atoms with Gasteiger partial charge in [-0.1, -0.05) is 6.92 Å². The molecule has 0 saturated carbocycles. The van der Waals surface area contributed by atoms with Gasteiger partial charge in [-0.05, 0) is 19.9 Å². The van der Waals surface area contributed by atoms with Gasteiger partial charge in [-0.2, -0.15) is 0 Å². The second-order valence-electron chi connectivity index (χ2n) is 3.12. The first-order valence-corrected chi connectivity index (χ1v) is 4.49. The monoisotopic (exact) mass is 187 g/mol. The van der Waals surface area contributed by atoms with Crippen LogP contribution in [0, 0.1) is 0 Å². The molecule has 0 aliphatic carbocycles. The van der Waals surface area contributed by atoms with Crippen LogP contribution < -0.4 is 0 Å². The Bertz CT molecular complexity index is 180. The molecule has 0 amide bonds. The Labute approximate surface area is 78.5 Å². The summed E-state index contributed by atoms with van der Waals surface area (Å²) in [5.41, 5.74) is 0. The number of carbonyl (C=O) groups excluding carboxylic acids is 1. The van der Waals surface area contributed by atoms with Gasteiger partial charge in [-0.3, -0.25) is 14.5 Å². The molecule has 0 saturated heterocycles. The summed E-state index contributed by atoms with van der Waals surface area (Å²) in [6, 6.07) is 0. The summed E-state index contributed by atoms with van der Waals surface area (Å²) in [4.78, 5) is 22.9. The Hall–Kier alpha value is -0.900. The van der Waals surface area contributed by atoms with Crippen LogP contribution >= 0.6 is 0 Å². The zero-order valence-corrected chi connectivity index (χ0v) is 8.25. The lowest BCUT2D eigenvalue weighted by Crippen LogP contribution is -2.31. The minimum Gasteiger partial charge on any atom is -0.481 e. The molecule has 4 nitrogen and oxygen atoms in total. The van der Waals surface area contributed by atoms with Crippen LogP contribution in [0.25, 0.3) is 0 Å². The lowest BCUT2D eigenvalue weighted by Gasteiger charge is -2.18. The Morgan fingerprint density at radius 2 is 1.92 bits per heavy atom. The molecule has 76 valence electrons. The average Bonchev–Trinajstić information content (AvgIpc) is 1.99. The van der Waals surface area contributed by atoms with E-state index in [-0.39, 0.29) is 12.2 Å². The number of hydrogen-bond donors (Lipinski definition) is 1. The first kappa shape index (κ1) is 12.1. The summed E-state index contributed by atoms with van der Waals surface area (Å²) in [6.45, 7) is 5.13. The maximum atomic E-state index is 10.8. The van der Waals surface area contributed by atoms with Crippen molar-refractivity contribution in [2.45, 2.75) is 26.7 Å². The molecule has 0 aromatic carbocycles. The number of carboxylic acids is 1. The van der Waals surface area contributed by atoms with Gasteiger partial charge in [-0.15, -0.1) is 0 Å². The molecule has 0 aliphatic heterocycles. The highest BCUT2D eigenvalue weighted by Gasteiger charge is 2.07. The quantitative estimate of drug-likeness (QED) is 0.639. The Balaban J connectivity index is 3.79. The number of Topliss-reactive ketones (excluding diaryl/α,β-unsaturated/α-hetero) is 1. The van der Waals surface area contributed by atoms with E-state index < -0.39 is 5.97 Å². The summed E-state index contributed by atoms with van der Waals surface area (Å²) in [5.74, 6) is -0.733. The van der Waals surface area contributed by atoms with E-state index in [0.717, 1.165) is 13.0 Å². The van der Waals surface area contributed by atoms with Gasteiger partial charge in [-0.25, -0.2) is 0 Å². The summed E-state index contributed by atoms with van der Waals surface area (Å²) in [6.07, 6.45) is 1.04. The molecule has 4 heteroatoms.